The number of piperidine rings is 1. The summed E-state index contributed by atoms with van der Waals surface area (Å²) in [7, 11) is 2.12. The molecule has 0 radical (unpaired) electrons. The Morgan fingerprint density at radius 2 is 1.86 bits per heavy atom. The minimum absolute atomic E-state index is 0.204. The molecule has 4 heterocycles. The molecule has 28 heavy (non-hydrogen) atoms. The monoisotopic (exact) mass is 376 g/mol. The zero-order valence-corrected chi connectivity index (χ0v) is 15.8. The number of aromatic hydroxyl groups is 1. The third kappa shape index (κ3) is 3.11. The minimum Gasteiger partial charge on any atom is -0.508 e. The average Bonchev–Trinajstić information content (AvgIpc) is 3.37. The largest absolute Gasteiger partial charge is 0.508 e. The quantitative estimate of drug-likeness (QED) is 0.649. The van der Waals surface area contributed by atoms with Crippen molar-refractivity contribution in [3.05, 3.63) is 42.7 Å². The van der Waals surface area contributed by atoms with E-state index in [2.05, 4.69) is 37.7 Å². The number of rotatable bonds is 4. The van der Waals surface area contributed by atoms with Crippen LogP contribution in [0.15, 0.2) is 42.7 Å². The molecule has 3 atom stereocenters. The third-order valence-corrected chi connectivity index (χ3v) is 6.10. The van der Waals surface area contributed by atoms with E-state index in [9.17, 15) is 5.11 Å². The maximum atomic E-state index is 9.98. The minimum atomic E-state index is 0.204. The fraction of sp³-hybridized carbons (Fsp3) is 0.381. The van der Waals surface area contributed by atoms with Crippen LogP contribution in [0, 0.1) is 0 Å². The van der Waals surface area contributed by atoms with E-state index in [1.165, 1.54) is 12.8 Å². The molecule has 1 unspecified atom stereocenters. The molecular formula is C21H24N6O. The summed E-state index contributed by atoms with van der Waals surface area (Å²) < 4.78 is 0. The molecule has 2 aliphatic heterocycles. The van der Waals surface area contributed by atoms with Crippen LogP contribution in [0.2, 0.25) is 0 Å². The van der Waals surface area contributed by atoms with Gasteiger partial charge >= 0.3 is 0 Å². The second kappa shape index (κ2) is 6.91. The van der Waals surface area contributed by atoms with Crippen molar-refractivity contribution in [3.8, 4) is 28.1 Å². The van der Waals surface area contributed by atoms with Crippen LogP contribution in [0.4, 0.5) is 5.82 Å². The molecule has 2 aliphatic rings. The van der Waals surface area contributed by atoms with Gasteiger partial charge in [-0.05, 0) is 61.6 Å². The molecule has 5 rings (SSSR count). The zero-order chi connectivity index (χ0) is 19.1. The molecule has 0 spiro atoms. The van der Waals surface area contributed by atoms with E-state index >= 15 is 0 Å². The molecule has 144 valence electrons. The summed E-state index contributed by atoms with van der Waals surface area (Å²) in [5.74, 6) is 1.09. The number of hydrogen-bond donors (Lipinski definition) is 3. The normalized spacial score (nSPS) is 23.7. The third-order valence-electron chi connectivity index (χ3n) is 6.10. The van der Waals surface area contributed by atoms with Crippen LogP contribution in [0.5, 0.6) is 5.75 Å². The molecule has 0 saturated carbocycles. The number of nitrogens with one attached hydrogen (secondary N) is 2. The number of aromatic amines is 1. The van der Waals surface area contributed by atoms with Crippen LogP contribution in [0.3, 0.4) is 0 Å². The molecule has 2 bridgehead atoms. The van der Waals surface area contributed by atoms with Crippen molar-refractivity contribution < 1.29 is 5.11 Å². The molecule has 7 heteroatoms. The Morgan fingerprint density at radius 1 is 1.04 bits per heavy atom. The predicted octanol–water partition coefficient (Wildman–Crippen LogP) is 2.96. The predicted molar refractivity (Wildman–Crippen MR) is 108 cm³/mol. The number of anilines is 1. The molecule has 3 N–H and O–H groups in total. The van der Waals surface area contributed by atoms with Crippen molar-refractivity contribution in [2.45, 2.75) is 43.8 Å². The van der Waals surface area contributed by atoms with E-state index in [1.54, 1.807) is 18.3 Å². The van der Waals surface area contributed by atoms with Crippen molar-refractivity contribution >= 4 is 5.82 Å². The van der Waals surface area contributed by atoms with Gasteiger partial charge in [0.1, 0.15) is 5.75 Å². The topological polar surface area (TPSA) is 90.0 Å². The van der Waals surface area contributed by atoms with Crippen LogP contribution >= 0.6 is 0 Å². The Morgan fingerprint density at radius 3 is 2.54 bits per heavy atom. The van der Waals surface area contributed by atoms with Crippen molar-refractivity contribution in [2.75, 3.05) is 11.9 Å². The standard InChI is InChI=1S/C21H24N6O/c1-27(16-8-14-2-3-15(9-16)24-14)21-7-6-20(25-26-21)19-10-17(28)4-5-18(19)13-11-22-23-12-13/h4-7,10-12,14-16,24,28H,2-3,8-9H2,1H3,(H,22,23)/t14-,15+,16?. The molecular weight excluding hydrogens is 352 g/mol. The molecule has 7 nitrogen and oxygen atoms in total. The van der Waals surface area contributed by atoms with Crippen molar-refractivity contribution in [3.63, 3.8) is 0 Å². The highest BCUT2D eigenvalue weighted by Gasteiger charge is 2.35. The first kappa shape index (κ1) is 17.2. The second-order valence-electron chi connectivity index (χ2n) is 7.87. The SMILES string of the molecule is CN(c1ccc(-c2cc(O)ccc2-c2cn[nH]c2)nn1)C1C[C@H]2CC[C@@H](C1)N2. The lowest BCUT2D eigenvalue weighted by molar-refractivity contribution is 0.353. The lowest BCUT2D eigenvalue weighted by Gasteiger charge is -2.36. The molecule has 2 aromatic heterocycles. The van der Waals surface area contributed by atoms with Crippen molar-refractivity contribution in [2.24, 2.45) is 0 Å². The highest BCUT2D eigenvalue weighted by atomic mass is 16.3. The molecule has 0 aliphatic carbocycles. The van der Waals surface area contributed by atoms with Gasteiger partial charge in [0.15, 0.2) is 5.82 Å². The van der Waals surface area contributed by atoms with Crippen LogP contribution in [0.25, 0.3) is 22.4 Å². The van der Waals surface area contributed by atoms with Gasteiger partial charge in [0, 0.05) is 42.5 Å². The Bertz CT molecular complexity index is 944. The van der Waals surface area contributed by atoms with Crippen molar-refractivity contribution in [1.29, 1.82) is 0 Å². The van der Waals surface area contributed by atoms with E-state index in [1.807, 2.05) is 24.4 Å². The number of phenols is 1. The number of H-pyrrole nitrogens is 1. The van der Waals surface area contributed by atoms with Gasteiger partial charge in [-0.3, -0.25) is 5.10 Å². The Balaban J connectivity index is 1.42. The Hall–Kier alpha value is -2.93. The number of phenolic OH excluding ortho intramolecular Hbond substituents is 1. The molecule has 1 aromatic carbocycles. The fourth-order valence-corrected chi connectivity index (χ4v) is 4.58. The lowest BCUT2D eigenvalue weighted by Crippen LogP contribution is -2.47. The van der Waals surface area contributed by atoms with Crippen LogP contribution in [-0.4, -0.2) is 50.7 Å². The summed E-state index contributed by atoms with van der Waals surface area (Å²) in [6, 6.07) is 11.1. The number of hydrogen-bond acceptors (Lipinski definition) is 6. The number of benzene rings is 1. The Labute approximate surface area is 163 Å². The zero-order valence-electron chi connectivity index (χ0n) is 15.8. The second-order valence-corrected chi connectivity index (χ2v) is 7.87. The Kier molecular flexibility index (Phi) is 4.24. The van der Waals surface area contributed by atoms with Crippen LogP contribution < -0.4 is 10.2 Å². The number of nitrogens with zero attached hydrogens (tertiary/aromatic N) is 4. The first-order valence-electron chi connectivity index (χ1n) is 9.82. The smallest absolute Gasteiger partial charge is 0.151 e. The highest BCUT2D eigenvalue weighted by molar-refractivity contribution is 5.82. The molecule has 3 aromatic rings. The maximum Gasteiger partial charge on any atom is 0.151 e. The van der Waals surface area contributed by atoms with Gasteiger partial charge in [0.05, 0.1) is 11.9 Å². The molecule has 0 amide bonds. The van der Waals surface area contributed by atoms with E-state index in [0.717, 1.165) is 41.0 Å². The van der Waals surface area contributed by atoms with Gasteiger partial charge in [0.2, 0.25) is 0 Å². The van der Waals surface area contributed by atoms with Crippen LogP contribution in [-0.2, 0) is 0 Å². The summed E-state index contributed by atoms with van der Waals surface area (Å²) in [4.78, 5) is 2.27. The van der Waals surface area contributed by atoms with E-state index in [-0.39, 0.29) is 5.75 Å². The summed E-state index contributed by atoms with van der Waals surface area (Å²) in [6.45, 7) is 0. The lowest BCUT2D eigenvalue weighted by atomic mass is 9.98. The van der Waals surface area contributed by atoms with E-state index < -0.39 is 0 Å². The van der Waals surface area contributed by atoms with Gasteiger partial charge in [-0.25, -0.2) is 0 Å². The number of aromatic nitrogens is 4. The van der Waals surface area contributed by atoms with Gasteiger partial charge in [-0.1, -0.05) is 0 Å². The first-order chi connectivity index (χ1) is 13.7. The number of fused-ring (bicyclic) bond motifs is 2. The molecule has 2 saturated heterocycles. The fourth-order valence-electron chi connectivity index (χ4n) is 4.58. The average molecular weight is 376 g/mol. The first-order valence-corrected chi connectivity index (χ1v) is 9.82. The van der Waals surface area contributed by atoms with Gasteiger partial charge in [-0.2, -0.15) is 5.10 Å². The van der Waals surface area contributed by atoms with Gasteiger partial charge < -0.3 is 15.3 Å². The van der Waals surface area contributed by atoms with Crippen molar-refractivity contribution in [1.82, 2.24) is 25.7 Å². The maximum absolute atomic E-state index is 9.98. The summed E-state index contributed by atoms with van der Waals surface area (Å²) in [6.07, 6.45) is 8.48. The summed E-state index contributed by atoms with van der Waals surface area (Å²) in [5.41, 5.74) is 3.47. The molecule has 2 fully saturated rings. The van der Waals surface area contributed by atoms with E-state index in [4.69, 9.17) is 0 Å². The van der Waals surface area contributed by atoms with Gasteiger partial charge in [-0.15, -0.1) is 10.2 Å². The highest BCUT2D eigenvalue weighted by Crippen LogP contribution is 2.34. The summed E-state index contributed by atoms with van der Waals surface area (Å²) in [5, 5.41) is 29.5. The van der Waals surface area contributed by atoms with Gasteiger partial charge in [0.25, 0.3) is 0 Å². The summed E-state index contributed by atoms with van der Waals surface area (Å²) >= 11 is 0. The van der Waals surface area contributed by atoms with Crippen LogP contribution in [0.1, 0.15) is 25.7 Å². The van der Waals surface area contributed by atoms with E-state index in [0.29, 0.717) is 18.1 Å².